The van der Waals surface area contributed by atoms with Crippen LogP contribution in [0.3, 0.4) is 0 Å². The number of hydrogen-bond donors (Lipinski definition) is 3. The van der Waals surface area contributed by atoms with E-state index in [2.05, 4.69) is 92.4 Å². The third-order valence-corrected chi connectivity index (χ3v) is 18.1. The van der Waals surface area contributed by atoms with Crippen molar-refractivity contribution >= 4 is 99.5 Å². The lowest BCUT2D eigenvalue weighted by atomic mass is 9.55. The molecule has 13 aromatic rings. The van der Waals surface area contributed by atoms with Crippen LogP contribution in [0, 0.1) is 11.8 Å². The first-order valence-corrected chi connectivity index (χ1v) is 45.1. The molecule has 0 bridgehead atoms. The van der Waals surface area contributed by atoms with Gasteiger partial charge in [-0.2, -0.15) is 0 Å². The zero-order chi connectivity index (χ0) is 81.1. The average Bonchev–Trinajstić information content (AvgIpc) is 0.801. The number of ketones is 2. The second-order valence-electron chi connectivity index (χ2n) is 28.6. The Hall–Kier alpha value is -11.6. The predicted octanol–water partition coefficient (Wildman–Crippen LogP) is 18.3. The molecule has 4 unspecified atom stereocenters. The van der Waals surface area contributed by atoms with Crippen molar-refractivity contribution in [2.75, 3.05) is 0 Å². The molecule has 0 spiro atoms. The quantitative estimate of drug-likeness (QED) is 0.0244. The summed E-state index contributed by atoms with van der Waals surface area (Å²) in [4.78, 5) is 44.2. The number of rotatable bonds is 23. The maximum atomic E-state index is 13.3. The number of aliphatic hydroxyl groups excluding tert-OH is 1. The summed E-state index contributed by atoms with van der Waals surface area (Å²) >= 11 is 0. The van der Waals surface area contributed by atoms with Crippen LogP contribution in [0.2, 0.25) is 39.3 Å². The molecule has 0 fully saturated rings. The number of aldehydes is 1. The lowest BCUT2D eigenvalue weighted by Gasteiger charge is -2.28. The molecule has 5 N–H and O–H groups in total. The first kappa shape index (κ1) is 91.3. The molecule has 0 saturated heterocycles. The van der Waals surface area contributed by atoms with E-state index >= 15 is 0 Å². The number of aliphatic hydroxyl groups is 1. The Kier molecular flexibility index (Phi) is 39.8. The predicted molar refractivity (Wildman–Crippen MR) is 484 cm³/mol. The van der Waals surface area contributed by atoms with E-state index in [0.717, 1.165) is 78.4 Å². The summed E-state index contributed by atoms with van der Waals surface area (Å²) in [7, 11) is -3.10. The normalized spacial score (nSPS) is 11.8. The van der Waals surface area contributed by atoms with Gasteiger partial charge in [0.05, 0.1) is 12.2 Å². The van der Waals surface area contributed by atoms with Gasteiger partial charge in [-0.1, -0.05) is 408 Å². The lowest BCUT2D eigenvalue weighted by molar-refractivity contribution is 0.0712. The molecule has 0 aliphatic rings. The van der Waals surface area contributed by atoms with Gasteiger partial charge in [-0.05, 0) is 109 Å². The zero-order valence-electron chi connectivity index (χ0n) is 67.1. The van der Waals surface area contributed by atoms with Crippen LogP contribution in [0.15, 0.2) is 406 Å². The van der Waals surface area contributed by atoms with Gasteiger partial charge in [-0.15, -0.1) is 0 Å². The third kappa shape index (κ3) is 32.2. The van der Waals surface area contributed by atoms with Gasteiger partial charge in [-0.3, -0.25) is 14.4 Å². The van der Waals surface area contributed by atoms with Crippen LogP contribution in [-0.2, 0) is 13.7 Å². The molecule has 0 aliphatic heterocycles. The van der Waals surface area contributed by atoms with Crippen molar-refractivity contribution in [2.24, 2.45) is 11.8 Å². The Morgan fingerprint density at radius 3 is 0.904 bits per heavy atom. The van der Waals surface area contributed by atoms with Crippen LogP contribution in [0.5, 0.6) is 0 Å². The minimum absolute atomic E-state index is 0. The van der Waals surface area contributed by atoms with Gasteiger partial charge < -0.3 is 34.1 Å². The number of benzene rings is 13. The van der Waals surface area contributed by atoms with Crippen LogP contribution in [0.25, 0.3) is 11.5 Å². The molecule has 0 aliphatic carbocycles. The highest BCUT2D eigenvalue weighted by Gasteiger charge is 2.33. The van der Waals surface area contributed by atoms with Crippen LogP contribution in [0.1, 0.15) is 93.2 Å². The molecule has 0 heterocycles. The van der Waals surface area contributed by atoms with E-state index in [9.17, 15) is 24.5 Å². The maximum Gasteiger partial charge on any atom is 0.426 e. The molecule has 15 heteroatoms. The van der Waals surface area contributed by atoms with Crippen molar-refractivity contribution < 1.29 is 48.5 Å². The Morgan fingerprint density at radius 2 is 0.605 bits per heavy atom. The van der Waals surface area contributed by atoms with Crippen molar-refractivity contribution in [1.29, 1.82) is 0 Å². The van der Waals surface area contributed by atoms with Crippen molar-refractivity contribution in [3.63, 3.8) is 0 Å². The molecule has 0 saturated carbocycles. The van der Waals surface area contributed by atoms with Gasteiger partial charge in [0.15, 0.2) is 19.9 Å². The van der Waals surface area contributed by atoms with E-state index in [1.54, 1.807) is 31.2 Å². The van der Waals surface area contributed by atoms with Crippen molar-refractivity contribution in [1.82, 2.24) is 0 Å². The van der Waals surface area contributed by atoms with Gasteiger partial charge >= 0.3 is 20.7 Å². The topological polar surface area (TPSA) is 171 Å². The minimum atomic E-state index is -1.61. The number of allylic oxidation sites excluding steroid dienone is 2. The number of Topliss-reactive ketones (excluding diaryl/α,β-unsaturated/α-hetero) is 2. The SMILES string of the molecule is C/C=C(\OB(c1ccccc1)c1ccccc1)c1ccccc1.C/C=C(\O[Si](C)(C)C)c1ccccc1.CC(C(=O)c1ccccc1)C(O)c1ccccc1.CC(C(=O)c1ccccc1)C(OB(c1ccccc1)c1ccccc1)c1ccccc1.C[Si](C)(C)O.O.O=Cc1ccccc1.OB(c1ccccc1)c1ccccc1. The Morgan fingerprint density at radius 1 is 0.351 bits per heavy atom. The van der Waals surface area contributed by atoms with Crippen molar-refractivity contribution in [3.05, 3.63) is 445 Å². The van der Waals surface area contributed by atoms with E-state index in [1.807, 2.05) is 350 Å². The first-order valence-electron chi connectivity index (χ1n) is 38.3. The van der Waals surface area contributed by atoms with E-state index < -0.39 is 35.6 Å². The maximum absolute atomic E-state index is 13.3. The van der Waals surface area contributed by atoms with Crippen molar-refractivity contribution in [2.45, 2.75) is 79.2 Å². The summed E-state index contributed by atoms with van der Waals surface area (Å²) in [6, 6.07) is 128. The van der Waals surface area contributed by atoms with Gasteiger partial charge in [0.1, 0.15) is 17.8 Å². The van der Waals surface area contributed by atoms with E-state index in [-0.39, 0.29) is 42.9 Å². The summed E-state index contributed by atoms with van der Waals surface area (Å²) < 4.78 is 19.2. The molecule has 114 heavy (non-hydrogen) atoms. The summed E-state index contributed by atoms with van der Waals surface area (Å²) in [5.41, 5.74) is 12.4. The molecule has 10 nitrogen and oxygen atoms in total. The van der Waals surface area contributed by atoms with Gasteiger partial charge in [0, 0.05) is 39.7 Å². The second kappa shape index (κ2) is 49.7. The zero-order valence-corrected chi connectivity index (χ0v) is 69.1. The number of carbonyl (C=O) groups is 3. The summed E-state index contributed by atoms with van der Waals surface area (Å²) in [5.74, 6) is 1.14. The summed E-state index contributed by atoms with van der Waals surface area (Å²) in [6.07, 6.45) is 3.74. The molecule has 4 atom stereocenters. The monoisotopic (exact) mass is 1540 g/mol. The molecule has 13 rings (SSSR count). The largest absolute Gasteiger partial charge is 0.551 e. The highest BCUT2D eigenvalue weighted by atomic mass is 28.4. The first-order chi connectivity index (χ1) is 54.7. The van der Waals surface area contributed by atoms with Gasteiger partial charge in [0.25, 0.3) is 0 Å². The molecular weight excluding hydrogens is 1440 g/mol. The molecule has 0 aromatic heterocycles. The van der Waals surface area contributed by atoms with Crippen molar-refractivity contribution in [3.8, 4) is 0 Å². The highest BCUT2D eigenvalue weighted by Crippen LogP contribution is 2.31. The standard InChI is InChI=1S/C28H25BO2.C21H19BO.C16H16O2.C12H11BO.C12H18OSi.C7H6O.C3H10OSi.H2O/c1-22(27(30)23-14-6-2-7-15-23)28(24-16-8-3-9-17-24)31-29(25-18-10-4-11-19-25)26-20-12-5-13-21-26;1-2-21(18-12-6-3-7-13-18)23-22(19-14-8-4-9-15-19)20-16-10-5-11-17-20;1-12(15(17)13-8-4-2-5-9-13)16(18)14-10-6-3-7-11-14;14-13(11-7-3-1-4-8-11)12-9-5-2-6-10-12;1-5-12(13-14(2,3)4)11-9-7-6-8-10-11;8-6-7-4-2-1-3-5-7;1-5(2,3)4;/h2-22,28H,1H3;2-17H,1H3;2-12,15,17H,1H3;1-10,14H;5-10H,1-4H3;1-6H;4H,1-3H3;1H2/b;21-2-;;;12-5-;;;. The van der Waals surface area contributed by atoms with Crippen LogP contribution in [0.4, 0.5) is 0 Å². The molecular formula is C99H107B3O10Si2. The Labute approximate surface area is 680 Å². The van der Waals surface area contributed by atoms with Gasteiger partial charge in [-0.25, -0.2) is 0 Å². The van der Waals surface area contributed by atoms with Gasteiger partial charge in [0.2, 0.25) is 8.32 Å². The molecule has 580 valence electrons. The highest BCUT2D eigenvalue weighted by molar-refractivity contribution is 6.81. The second-order valence-corrected chi connectivity index (χ2v) is 37.3. The number of carbonyl (C=O) groups excluding carboxylic acids is 3. The fourth-order valence-electron chi connectivity index (χ4n) is 11.7. The Balaban J connectivity index is 0.000000218. The van der Waals surface area contributed by atoms with Crippen LogP contribution < -0.4 is 32.8 Å². The number of hydrogen-bond acceptors (Lipinski definition) is 9. The Bertz CT molecular complexity index is 4690. The summed E-state index contributed by atoms with van der Waals surface area (Å²) in [5, 5.41) is 20.2. The molecule has 0 radical (unpaired) electrons. The third-order valence-electron chi connectivity index (χ3n) is 17.3. The molecule has 0 amide bonds. The molecule has 13 aromatic carbocycles. The van der Waals surface area contributed by atoms with Crippen LogP contribution in [-0.4, -0.2) is 75.6 Å². The van der Waals surface area contributed by atoms with E-state index in [1.165, 1.54) is 0 Å². The fourth-order valence-corrected chi connectivity index (χ4v) is 12.6. The average molecular weight is 1550 g/mol. The lowest BCUT2D eigenvalue weighted by Crippen LogP contribution is -2.46. The fraction of sp³-hybridized carbons (Fsp3) is 0.141. The van der Waals surface area contributed by atoms with E-state index in [0.29, 0.717) is 11.1 Å². The smallest absolute Gasteiger partial charge is 0.426 e. The minimum Gasteiger partial charge on any atom is -0.551 e. The van der Waals surface area contributed by atoms with E-state index in [4.69, 9.17) is 18.5 Å². The summed E-state index contributed by atoms with van der Waals surface area (Å²) in [6.45, 7) is 19.1. The van der Waals surface area contributed by atoms with Crippen LogP contribution >= 0.6 is 0 Å².